The number of benzene rings is 2. The Bertz CT molecular complexity index is 1150. The van der Waals surface area contributed by atoms with E-state index in [0.717, 1.165) is 11.0 Å². The highest BCUT2D eigenvalue weighted by Crippen LogP contribution is 2.37. The number of fused-ring (bicyclic) bond motifs is 1. The topological polar surface area (TPSA) is 87.8 Å². The zero-order chi connectivity index (χ0) is 23.8. The molecule has 0 saturated carbocycles. The summed E-state index contributed by atoms with van der Waals surface area (Å²) in [6.45, 7) is -1.52. The fourth-order valence-corrected chi connectivity index (χ4v) is 3.63. The van der Waals surface area contributed by atoms with Gasteiger partial charge in [-0.2, -0.15) is 8.78 Å². The molecule has 0 amide bonds. The molecule has 0 spiro atoms. The maximum absolute atomic E-state index is 14.1. The third kappa shape index (κ3) is 4.47. The molecule has 1 unspecified atom stereocenters. The Labute approximate surface area is 187 Å². The van der Waals surface area contributed by atoms with Crippen LogP contribution in [-0.4, -0.2) is 58.3 Å². The summed E-state index contributed by atoms with van der Waals surface area (Å²) in [5.74, 6) is -3.84. The zero-order valence-electron chi connectivity index (χ0n) is 17.0. The lowest BCUT2D eigenvalue weighted by Crippen LogP contribution is -2.49. The molecule has 0 aliphatic carbocycles. The lowest BCUT2D eigenvalue weighted by molar-refractivity contribution is -0.203. The second-order valence-electron chi connectivity index (χ2n) is 6.97. The van der Waals surface area contributed by atoms with Crippen molar-refractivity contribution in [2.45, 2.75) is 31.8 Å². The minimum absolute atomic E-state index is 0.0336. The minimum Gasteiger partial charge on any atom is -0.433 e. The van der Waals surface area contributed by atoms with Crippen molar-refractivity contribution < 1.29 is 32.9 Å². The Balaban J connectivity index is 2.44. The third-order valence-electron chi connectivity index (χ3n) is 4.99. The number of hydrogen-bond donors (Lipinski definition) is 2. The Morgan fingerprint density at radius 2 is 2.06 bits per heavy atom. The van der Waals surface area contributed by atoms with Crippen LogP contribution in [0.15, 0.2) is 30.3 Å². The normalized spacial score (nSPS) is 13.2. The van der Waals surface area contributed by atoms with Gasteiger partial charge < -0.3 is 14.9 Å². The SMILES string of the molecule is [B]C(O)(O)N(C)C(CC)c1nc2cc(F)c(Cl)cc2n1-c1c(C=O)cccc1OC(F)F. The monoisotopic (exact) mass is 467 g/mol. The second kappa shape index (κ2) is 9.10. The van der Waals surface area contributed by atoms with E-state index in [0.29, 0.717) is 6.29 Å². The van der Waals surface area contributed by atoms with Gasteiger partial charge in [0, 0.05) is 11.6 Å². The molecule has 3 aromatic rings. The molecule has 1 heterocycles. The summed E-state index contributed by atoms with van der Waals surface area (Å²) in [6, 6.07) is 5.30. The number of nitrogens with zero attached hydrogens (tertiary/aromatic N) is 3. The van der Waals surface area contributed by atoms with Gasteiger partial charge in [0.25, 0.3) is 0 Å². The Morgan fingerprint density at radius 1 is 1.38 bits per heavy atom. The molecule has 0 saturated heterocycles. The van der Waals surface area contributed by atoms with Gasteiger partial charge in [0.15, 0.2) is 25.7 Å². The number of rotatable bonds is 8. The van der Waals surface area contributed by atoms with E-state index in [2.05, 4.69) is 9.72 Å². The summed E-state index contributed by atoms with van der Waals surface area (Å²) >= 11 is 5.96. The second-order valence-corrected chi connectivity index (χ2v) is 7.38. The highest BCUT2D eigenvalue weighted by Gasteiger charge is 2.33. The number of aliphatic hydroxyl groups is 2. The molecule has 2 aromatic carbocycles. The first-order valence-corrected chi connectivity index (χ1v) is 9.74. The van der Waals surface area contributed by atoms with E-state index >= 15 is 0 Å². The maximum atomic E-state index is 14.1. The molecular weight excluding hydrogens is 449 g/mol. The first-order chi connectivity index (χ1) is 15.0. The van der Waals surface area contributed by atoms with Crippen LogP contribution in [0, 0.1) is 5.82 Å². The molecule has 7 nitrogen and oxygen atoms in total. The number of aldehydes is 1. The Kier molecular flexibility index (Phi) is 6.84. The summed E-state index contributed by atoms with van der Waals surface area (Å²) in [5.41, 5.74) is 0.114. The molecule has 1 atom stereocenters. The number of carbonyl (C=O) groups is 1. The number of alkyl halides is 2. The number of aromatic nitrogens is 2. The van der Waals surface area contributed by atoms with Gasteiger partial charge in [0.05, 0.1) is 22.1 Å². The van der Waals surface area contributed by atoms with Gasteiger partial charge in [-0.05, 0) is 31.7 Å². The third-order valence-corrected chi connectivity index (χ3v) is 5.28. The van der Waals surface area contributed by atoms with Crippen LogP contribution >= 0.6 is 11.6 Å². The molecule has 12 heteroatoms. The average Bonchev–Trinajstić information content (AvgIpc) is 3.05. The van der Waals surface area contributed by atoms with Gasteiger partial charge in [-0.15, -0.1) is 0 Å². The number of imidazole rings is 1. The van der Waals surface area contributed by atoms with Crippen molar-refractivity contribution in [1.82, 2.24) is 14.5 Å². The van der Waals surface area contributed by atoms with E-state index in [1.165, 1.54) is 35.9 Å². The number of ether oxygens (including phenoxy) is 1. The lowest BCUT2D eigenvalue weighted by atomic mass is 9.99. The molecule has 0 bridgehead atoms. The van der Waals surface area contributed by atoms with Crippen molar-refractivity contribution in [2.75, 3.05) is 7.05 Å². The molecule has 2 radical (unpaired) electrons. The molecule has 2 N–H and O–H groups in total. The molecule has 32 heavy (non-hydrogen) atoms. The van der Waals surface area contributed by atoms with Crippen LogP contribution in [0.3, 0.4) is 0 Å². The van der Waals surface area contributed by atoms with E-state index < -0.39 is 24.3 Å². The summed E-state index contributed by atoms with van der Waals surface area (Å²) < 4.78 is 46.3. The quantitative estimate of drug-likeness (QED) is 0.300. The smallest absolute Gasteiger partial charge is 0.387 e. The van der Waals surface area contributed by atoms with Crippen molar-refractivity contribution in [1.29, 1.82) is 0 Å². The summed E-state index contributed by atoms with van der Waals surface area (Å²) in [6.07, 6.45) is 0.648. The van der Waals surface area contributed by atoms with Gasteiger partial charge in [0.1, 0.15) is 17.3 Å². The zero-order valence-corrected chi connectivity index (χ0v) is 17.7. The molecule has 0 fully saturated rings. The van der Waals surface area contributed by atoms with E-state index in [9.17, 15) is 28.2 Å². The van der Waals surface area contributed by atoms with Crippen LogP contribution < -0.4 is 4.74 Å². The van der Waals surface area contributed by atoms with Crippen LogP contribution in [0.4, 0.5) is 13.2 Å². The highest BCUT2D eigenvalue weighted by atomic mass is 35.5. The average molecular weight is 468 g/mol. The molecule has 0 aliphatic rings. The number of hydrogen-bond acceptors (Lipinski definition) is 6. The standard InChI is InChI=1S/C20H18BClF3N3O4/c1-3-14(27(2)20(21,30)31)18-26-13-8-12(23)11(22)7-15(13)28(18)17-10(9-29)5-4-6-16(17)32-19(24)25/h4-9,14,19,30-31H,3H2,1-2H3. The van der Waals surface area contributed by atoms with Gasteiger partial charge in [0.2, 0.25) is 0 Å². The first kappa shape index (κ1) is 24.1. The lowest BCUT2D eigenvalue weighted by Gasteiger charge is -2.36. The molecular formula is C20H18BClF3N3O4. The van der Waals surface area contributed by atoms with Crippen LogP contribution in [0.25, 0.3) is 16.7 Å². The van der Waals surface area contributed by atoms with Crippen LogP contribution in [0.5, 0.6) is 5.75 Å². The number of halogens is 4. The molecule has 168 valence electrons. The van der Waals surface area contributed by atoms with Crippen molar-refractivity contribution in [3.05, 3.63) is 52.6 Å². The van der Waals surface area contributed by atoms with E-state index in [1.807, 2.05) is 0 Å². The fourth-order valence-electron chi connectivity index (χ4n) is 3.47. The predicted octanol–water partition coefficient (Wildman–Crippen LogP) is 3.38. The van der Waals surface area contributed by atoms with Crippen molar-refractivity contribution >= 4 is 36.8 Å². The maximum Gasteiger partial charge on any atom is 0.387 e. The summed E-state index contributed by atoms with van der Waals surface area (Å²) in [4.78, 5) is 17.1. The van der Waals surface area contributed by atoms with Gasteiger partial charge >= 0.3 is 6.61 Å². The van der Waals surface area contributed by atoms with E-state index in [4.69, 9.17) is 19.4 Å². The van der Waals surface area contributed by atoms with Crippen molar-refractivity contribution in [3.8, 4) is 11.4 Å². The molecule has 3 rings (SSSR count). The Hall–Kier alpha value is -2.60. The minimum atomic E-state index is -3.20. The largest absolute Gasteiger partial charge is 0.433 e. The number of para-hydroxylation sites is 1. The van der Waals surface area contributed by atoms with E-state index in [-0.39, 0.29) is 45.3 Å². The fraction of sp³-hybridized carbons (Fsp3) is 0.300. The summed E-state index contributed by atoms with van der Waals surface area (Å²) in [7, 11) is 6.71. The van der Waals surface area contributed by atoms with Crippen LogP contribution in [0.1, 0.15) is 35.6 Å². The van der Waals surface area contributed by atoms with E-state index in [1.54, 1.807) is 6.92 Å². The van der Waals surface area contributed by atoms with Crippen LogP contribution in [-0.2, 0) is 0 Å². The number of carbonyl (C=O) groups excluding carboxylic acids is 1. The van der Waals surface area contributed by atoms with Crippen molar-refractivity contribution in [2.24, 2.45) is 0 Å². The molecule has 1 aromatic heterocycles. The van der Waals surface area contributed by atoms with Gasteiger partial charge in [-0.3, -0.25) is 14.3 Å². The Morgan fingerprint density at radius 3 is 2.62 bits per heavy atom. The molecule has 0 aliphatic heterocycles. The van der Waals surface area contributed by atoms with Gasteiger partial charge in [-0.25, -0.2) is 9.37 Å². The van der Waals surface area contributed by atoms with Crippen molar-refractivity contribution in [3.63, 3.8) is 0 Å². The highest BCUT2D eigenvalue weighted by molar-refractivity contribution is 6.31. The first-order valence-electron chi connectivity index (χ1n) is 9.36. The predicted molar refractivity (Wildman–Crippen MR) is 112 cm³/mol. The van der Waals surface area contributed by atoms with Crippen LogP contribution in [0.2, 0.25) is 5.02 Å². The van der Waals surface area contributed by atoms with Gasteiger partial charge in [-0.1, -0.05) is 24.6 Å². The summed E-state index contributed by atoms with van der Waals surface area (Å²) in [5, 5.41) is 19.5.